The summed E-state index contributed by atoms with van der Waals surface area (Å²) in [5, 5.41) is 6.16. The highest BCUT2D eigenvalue weighted by Gasteiger charge is 2.17. The topological polar surface area (TPSA) is 50.4 Å². The highest BCUT2D eigenvalue weighted by Crippen LogP contribution is 2.24. The summed E-state index contributed by atoms with van der Waals surface area (Å²) in [6.07, 6.45) is 2.21. The van der Waals surface area contributed by atoms with Crippen LogP contribution in [0.25, 0.3) is 11.1 Å². The summed E-state index contributed by atoms with van der Waals surface area (Å²) in [6, 6.07) is 12.1. The van der Waals surface area contributed by atoms with E-state index in [1.807, 2.05) is 24.3 Å². The van der Waals surface area contributed by atoms with E-state index in [2.05, 4.69) is 10.6 Å². The van der Waals surface area contributed by atoms with Crippen molar-refractivity contribution in [1.29, 1.82) is 0 Å². The fourth-order valence-corrected chi connectivity index (χ4v) is 3.09. The molecule has 1 atom stereocenters. The van der Waals surface area contributed by atoms with Crippen LogP contribution in [-0.2, 0) is 0 Å². The summed E-state index contributed by atoms with van der Waals surface area (Å²) >= 11 is 0. The van der Waals surface area contributed by atoms with E-state index in [4.69, 9.17) is 4.74 Å². The van der Waals surface area contributed by atoms with Gasteiger partial charge in [0, 0.05) is 6.54 Å². The molecule has 0 aromatic heterocycles. The van der Waals surface area contributed by atoms with Gasteiger partial charge in [-0.25, -0.2) is 4.39 Å². The van der Waals surface area contributed by atoms with Gasteiger partial charge in [-0.2, -0.15) is 0 Å². The van der Waals surface area contributed by atoms with Crippen LogP contribution in [0.4, 0.5) is 4.39 Å². The van der Waals surface area contributed by atoms with Gasteiger partial charge in [-0.15, -0.1) is 12.4 Å². The molecule has 26 heavy (non-hydrogen) atoms. The number of hydrogen-bond donors (Lipinski definition) is 2. The molecule has 0 radical (unpaired) electrons. The molecule has 2 N–H and O–H groups in total. The highest BCUT2D eigenvalue weighted by molar-refractivity contribution is 5.95. The van der Waals surface area contributed by atoms with Crippen LogP contribution in [0.3, 0.4) is 0 Å². The fourth-order valence-electron chi connectivity index (χ4n) is 3.09. The molecule has 0 saturated carbocycles. The summed E-state index contributed by atoms with van der Waals surface area (Å²) in [5.74, 6) is 0.300. The smallest absolute Gasteiger partial charge is 0.254 e. The number of hydrogen-bond acceptors (Lipinski definition) is 3. The Morgan fingerprint density at radius 1 is 1.23 bits per heavy atom. The third-order valence-corrected chi connectivity index (χ3v) is 4.59. The SMILES string of the molecule is COc1ccc(-c2ccc(C(=O)NCC3CCCNC3)c(F)c2)cc1.Cl. The van der Waals surface area contributed by atoms with E-state index < -0.39 is 5.82 Å². The maximum Gasteiger partial charge on any atom is 0.254 e. The number of benzene rings is 2. The standard InChI is InChI=1S/C20H23FN2O2.ClH/c1-25-17-7-4-15(5-8-17)16-6-9-18(19(21)11-16)20(24)23-13-14-3-2-10-22-12-14;/h4-9,11,14,22H,2-3,10,12-13H2,1H3,(H,23,24);1H. The number of piperidine rings is 1. The van der Waals surface area contributed by atoms with Gasteiger partial charge < -0.3 is 15.4 Å². The van der Waals surface area contributed by atoms with E-state index in [9.17, 15) is 9.18 Å². The van der Waals surface area contributed by atoms with Gasteiger partial charge >= 0.3 is 0 Å². The first-order valence-corrected chi connectivity index (χ1v) is 8.60. The molecule has 140 valence electrons. The van der Waals surface area contributed by atoms with Gasteiger partial charge in [-0.1, -0.05) is 18.2 Å². The number of carbonyl (C=O) groups excluding carboxylic acids is 1. The molecule has 2 aromatic carbocycles. The summed E-state index contributed by atoms with van der Waals surface area (Å²) < 4.78 is 19.5. The van der Waals surface area contributed by atoms with Crippen LogP contribution in [0.5, 0.6) is 5.75 Å². The molecular formula is C20H24ClFN2O2. The summed E-state index contributed by atoms with van der Waals surface area (Å²) in [7, 11) is 1.60. The molecular weight excluding hydrogens is 355 g/mol. The number of ether oxygens (including phenoxy) is 1. The lowest BCUT2D eigenvalue weighted by atomic mass is 9.99. The zero-order valence-electron chi connectivity index (χ0n) is 14.8. The van der Waals surface area contributed by atoms with Gasteiger partial charge in [0.05, 0.1) is 12.7 Å². The van der Waals surface area contributed by atoms with E-state index in [0.717, 1.165) is 42.8 Å². The monoisotopic (exact) mass is 378 g/mol. The fraction of sp³-hybridized carbons (Fsp3) is 0.350. The Morgan fingerprint density at radius 3 is 2.58 bits per heavy atom. The average molecular weight is 379 g/mol. The highest BCUT2D eigenvalue weighted by atomic mass is 35.5. The molecule has 1 heterocycles. The second kappa shape index (κ2) is 9.55. The van der Waals surface area contributed by atoms with Gasteiger partial charge in [-0.05, 0) is 67.2 Å². The summed E-state index contributed by atoms with van der Waals surface area (Å²) in [5.41, 5.74) is 1.69. The Hall–Kier alpha value is -2.11. The molecule has 0 bridgehead atoms. The van der Waals surface area contributed by atoms with Crippen molar-refractivity contribution in [1.82, 2.24) is 10.6 Å². The molecule has 2 aromatic rings. The minimum atomic E-state index is -0.507. The molecule has 1 aliphatic heterocycles. The van der Waals surface area contributed by atoms with Crippen molar-refractivity contribution >= 4 is 18.3 Å². The Balaban J connectivity index is 0.00000243. The molecule has 4 nitrogen and oxygen atoms in total. The van der Waals surface area contributed by atoms with Gasteiger partial charge in [0.25, 0.3) is 5.91 Å². The van der Waals surface area contributed by atoms with E-state index in [1.165, 1.54) is 6.07 Å². The minimum absolute atomic E-state index is 0. The predicted molar refractivity (Wildman–Crippen MR) is 104 cm³/mol. The van der Waals surface area contributed by atoms with Gasteiger partial charge in [-0.3, -0.25) is 4.79 Å². The van der Waals surface area contributed by atoms with Crippen molar-refractivity contribution < 1.29 is 13.9 Å². The van der Waals surface area contributed by atoms with Gasteiger partial charge in [0.15, 0.2) is 0 Å². The Labute approximate surface area is 159 Å². The van der Waals surface area contributed by atoms with Crippen LogP contribution in [0.2, 0.25) is 0 Å². The van der Waals surface area contributed by atoms with Crippen molar-refractivity contribution in [2.45, 2.75) is 12.8 Å². The molecule has 1 saturated heterocycles. The molecule has 0 spiro atoms. The van der Waals surface area contributed by atoms with Gasteiger partial charge in [0.2, 0.25) is 0 Å². The van der Waals surface area contributed by atoms with E-state index in [1.54, 1.807) is 19.2 Å². The van der Waals surface area contributed by atoms with Crippen molar-refractivity contribution in [3.05, 3.63) is 53.8 Å². The zero-order chi connectivity index (χ0) is 17.6. The lowest BCUT2D eigenvalue weighted by molar-refractivity contribution is 0.0941. The van der Waals surface area contributed by atoms with Crippen molar-refractivity contribution in [3.8, 4) is 16.9 Å². The minimum Gasteiger partial charge on any atom is -0.497 e. The summed E-state index contributed by atoms with van der Waals surface area (Å²) in [6.45, 7) is 2.51. The first kappa shape index (κ1) is 20.2. The third kappa shape index (κ3) is 4.96. The molecule has 1 fully saturated rings. The number of halogens is 2. The lowest BCUT2D eigenvalue weighted by Crippen LogP contribution is -2.38. The Kier molecular flexibility index (Phi) is 7.42. The van der Waals surface area contributed by atoms with Crippen LogP contribution >= 0.6 is 12.4 Å². The Morgan fingerprint density at radius 2 is 1.96 bits per heavy atom. The van der Waals surface area contributed by atoms with Crippen LogP contribution in [0.15, 0.2) is 42.5 Å². The molecule has 1 aliphatic rings. The quantitative estimate of drug-likeness (QED) is 0.835. The number of methoxy groups -OCH3 is 1. The molecule has 1 unspecified atom stereocenters. The number of nitrogens with one attached hydrogen (secondary N) is 2. The van der Waals surface area contributed by atoms with Crippen LogP contribution < -0.4 is 15.4 Å². The maximum atomic E-state index is 14.4. The maximum absolute atomic E-state index is 14.4. The third-order valence-electron chi connectivity index (χ3n) is 4.59. The second-order valence-corrected chi connectivity index (χ2v) is 6.35. The predicted octanol–water partition coefficient (Wildman–Crippen LogP) is 3.65. The molecule has 1 amide bonds. The molecule has 0 aliphatic carbocycles. The molecule has 6 heteroatoms. The van der Waals surface area contributed by atoms with Crippen molar-refractivity contribution in [2.24, 2.45) is 5.92 Å². The normalized spacial score (nSPS) is 16.5. The van der Waals surface area contributed by atoms with E-state index in [-0.39, 0.29) is 23.9 Å². The van der Waals surface area contributed by atoms with Crippen LogP contribution in [-0.4, -0.2) is 32.7 Å². The first-order valence-electron chi connectivity index (χ1n) is 8.60. The second-order valence-electron chi connectivity index (χ2n) is 6.35. The van der Waals surface area contributed by atoms with E-state index >= 15 is 0 Å². The number of rotatable bonds is 5. The first-order chi connectivity index (χ1) is 12.2. The summed E-state index contributed by atoms with van der Waals surface area (Å²) in [4.78, 5) is 12.3. The van der Waals surface area contributed by atoms with Crippen LogP contribution in [0, 0.1) is 11.7 Å². The number of amides is 1. The van der Waals surface area contributed by atoms with Crippen LogP contribution in [0.1, 0.15) is 23.2 Å². The largest absolute Gasteiger partial charge is 0.497 e. The zero-order valence-corrected chi connectivity index (χ0v) is 15.6. The average Bonchev–Trinajstić information content (AvgIpc) is 2.67. The Bertz CT molecular complexity index is 731. The molecule has 3 rings (SSSR count). The lowest BCUT2D eigenvalue weighted by Gasteiger charge is -2.22. The van der Waals surface area contributed by atoms with E-state index in [0.29, 0.717) is 12.5 Å². The number of carbonyl (C=O) groups is 1. The van der Waals surface area contributed by atoms with Gasteiger partial charge in [0.1, 0.15) is 11.6 Å². The van der Waals surface area contributed by atoms with Crippen molar-refractivity contribution in [2.75, 3.05) is 26.7 Å². The van der Waals surface area contributed by atoms with Crippen molar-refractivity contribution in [3.63, 3.8) is 0 Å².